The van der Waals surface area contributed by atoms with Crippen molar-refractivity contribution < 1.29 is 37.4 Å². The maximum Gasteiger partial charge on any atom is 0.522 e. The summed E-state index contributed by atoms with van der Waals surface area (Å²) in [6.07, 6.45) is -5.19. The zero-order chi connectivity index (χ0) is 18.5. The van der Waals surface area contributed by atoms with Crippen LogP contribution in [0.25, 0.3) is 0 Å². The van der Waals surface area contributed by atoms with E-state index in [9.17, 15) is 27.6 Å². The van der Waals surface area contributed by atoms with Crippen molar-refractivity contribution in [2.24, 2.45) is 11.3 Å². The summed E-state index contributed by atoms with van der Waals surface area (Å²) >= 11 is 0. The predicted molar refractivity (Wildman–Crippen MR) is 74.7 cm³/mol. The van der Waals surface area contributed by atoms with Crippen molar-refractivity contribution in [1.82, 2.24) is 16.2 Å². The van der Waals surface area contributed by atoms with Crippen LogP contribution >= 0.6 is 0 Å². The molecule has 11 heteroatoms. The number of carbonyl (C=O) groups is 3. The number of halogens is 3. The number of hydrazine groups is 1. The molecule has 0 saturated heterocycles. The van der Waals surface area contributed by atoms with Gasteiger partial charge in [0.1, 0.15) is 0 Å². The second-order valence-corrected chi connectivity index (χ2v) is 7.14. The van der Waals surface area contributed by atoms with E-state index in [1.54, 1.807) is 0 Å². The number of rotatable bonds is 4. The average molecular weight is 365 g/mol. The second kappa shape index (κ2) is 5.75. The second-order valence-electron chi connectivity index (χ2n) is 7.14. The molecule has 4 fully saturated rings. The van der Waals surface area contributed by atoms with Crippen LogP contribution in [0.3, 0.4) is 0 Å². The predicted octanol–water partition coefficient (Wildman–Crippen LogP) is 1.03. The topological polar surface area (TPSA) is 117 Å². The molecule has 4 aliphatic carbocycles. The molecule has 4 N–H and O–H groups in total. The molecule has 0 aromatic rings. The molecule has 2 bridgehead atoms. The molecule has 0 aromatic carbocycles. The molecule has 4 rings (SSSR count). The Balaban J connectivity index is 1.40. The van der Waals surface area contributed by atoms with E-state index >= 15 is 0 Å². The highest BCUT2D eigenvalue weighted by Gasteiger charge is 2.65. The van der Waals surface area contributed by atoms with Crippen molar-refractivity contribution in [3.8, 4) is 0 Å². The first-order valence-electron chi connectivity index (χ1n) is 7.89. The van der Waals surface area contributed by atoms with Crippen molar-refractivity contribution in [1.29, 1.82) is 0 Å². The van der Waals surface area contributed by atoms with Gasteiger partial charge >= 0.3 is 12.5 Å². The Morgan fingerprint density at radius 3 is 2.28 bits per heavy atom. The smallest absolute Gasteiger partial charge is 0.465 e. The Morgan fingerprint density at radius 1 is 1.08 bits per heavy atom. The lowest BCUT2D eigenvalue weighted by Crippen LogP contribution is -2.61. The molecule has 0 radical (unpaired) electrons. The van der Waals surface area contributed by atoms with Gasteiger partial charge in [0.25, 0.3) is 0 Å². The maximum atomic E-state index is 12.2. The van der Waals surface area contributed by atoms with E-state index in [4.69, 9.17) is 5.11 Å². The van der Waals surface area contributed by atoms with Crippen LogP contribution in [0.4, 0.5) is 18.0 Å². The Morgan fingerprint density at radius 2 is 1.72 bits per heavy atom. The fourth-order valence-corrected chi connectivity index (χ4v) is 4.15. The summed E-state index contributed by atoms with van der Waals surface area (Å²) in [4.78, 5) is 34.8. The number of ether oxygens (including phenoxy) is 1. The van der Waals surface area contributed by atoms with E-state index in [2.05, 4.69) is 20.9 Å². The highest BCUT2D eigenvalue weighted by molar-refractivity contribution is 5.88. The number of fused-ring (bicyclic) bond motifs is 1. The van der Waals surface area contributed by atoms with Gasteiger partial charge in [-0.25, -0.2) is 4.79 Å². The molecular formula is C14H18F3N3O5. The molecular weight excluding hydrogens is 347 g/mol. The Hall–Kier alpha value is -2.04. The number of carboxylic acid groups (broad SMARTS) is 1. The van der Waals surface area contributed by atoms with Crippen LogP contribution in [0.15, 0.2) is 0 Å². The van der Waals surface area contributed by atoms with Gasteiger partial charge in [-0.2, -0.15) is 0 Å². The highest BCUT2D eigenvalue weighted by Crippen LogP contribution is 2.61. The van der Waals surface area contributed by atoms with E-state index in [1.807, 2.05) is 0 Å². The molecule has 0 aromatic heterocycles. The number of alkyl halides is 3. The number of nitrogens with one attached hydrogen (secondary N) is 3. The van der Waals surface area contributed by atoms with Crippen molar-refractivity contribution in [3.63, 3.8) is 0 Å². The molecule has 4 saturated carbocycles. The molecule has 3 amide bonds. The highest BCUT2D eigenvalue weighted by atomic mass is 19.4. The first kappa shape index (κ1) is 17.8. The zero-order valence-corrected chi connectivity index (χ0v) is 13.1. The van der Waals surface area contributed by atoms with Crippen LogP contribution < -0.4 is 16.2 Å². The summed E-state index contributed by atoms with van der Waals surface area (Å²) in [5, 5.41) is 11.2. The van der Waals surface area contributed by atoms with Gasteiger partial charge in [0.2, 0.25) is 11.8 Å². The van der Waals surface area contributed by atoms with Crippen LogP contribution in [0.1, 0.15) is 38.5 Å². The maximum absolute atomic E-state index is 12.2. The SMILES string of the molecule is O=C(O)NC12CCC(C(=O)NNC(=O)C3CC(OC(F)(F)F)C3)(C1)C2. The summed E-state index contributed by atoms with van der Waals surface area (Å²) in [6.45, 7) is 0. The molecule has 140 valence electrons. The van der Waals surface area contributed by atoms with Crippen molar-refractivity contribution >= 4 is 17.9 Å². The number of hydrogen-bond donors (Lipinski definition) is 4. The number of amides is 3. The van der Waals surface area contributed by atoms with Gasteiger partial charge in [-0.15, -0.1) is 13.2 Å². The van der Waals surface area contributed by atoms with Crippen LogP contribution in [0.2, 0.25) is 0 Å². The van der Waals surface area contributed by atoms with Crippen molar-refractivity contribution in [3.05, 3.63) is 0 Å². The third kappa shape index (κ3) is 3.51. The molecule has 0 atom stereocenters. The van der Waals surface area contributed by atoms with Gasteiger partial charge in [-0.05, 0) is 38.5 Å². The standard InChI is InChI=1S/C14H18F3N3O5/c15-14(16,17)25-8-3-7(4-8)9(21)19-20-10(22)12-1-2-13(5-12,6-12)18-11(23)24/h7-8,18H,1-6H2,(H,19,21)(H,20,22)(H,23,24). The average Bonchev–Trinajstić information content (AvgIpc) is 2.93. The first-order chi connectivity index (χ1) is 11.5. The van der Waals surface area contributed by atoms with Gasteiger partial charge in [0.15, 0.2) is 0 Å². The largest absolute Gasteiger partial charge is 0.522 e. The normalized spacial score (nSPS) is 36.0. The fraction of sp³-hybridized carbons (Fsp3) is 0.786. The van der Waals surface area contributed by atoms with E-state index in [1.165, 1.54) is 0 Å². The minimum Gasteiger partial charge on any atom is -0.465 e. The Kier molecular flexibility index (Phi) is 4.09. The van der Waals surface area contributed by atoms with Crippen molar-refractivity contribution in [2.75, 3.05) is 0 Å². The first-order valence-corrected chi connectivity index (χ1v) is 7.89. The summed E-state index contributed by atoms with van der Waals surface area (Å²) in [5.74, 6) is -1.59. The lowest BCUT2D eigenvalue weighted by atomic mass is 9.64. The summed E-state index contributed by atoms with van der Waals surface area (Å²) < 4.78 is 39.9. The molecule has 25 heavy (non-hydrogen) atoms. The van der Waals surface area contributed by atoms with Gasteiger partial charge in [0.05, 0.1) is 11.5 Å². The lowest BCUT2D eigenvalue weighted by molar-refractivity contribution is -0.353. The third-order valence-electron chi connectivity index (χ3n) is 5.35. The van der Waals surface area contributed by atoms with E-state index < -0.39 is 47.2 Å². The van der Waals surface area contributed by atoms with Crippen LogP contribution in [-0.4, -0.2) is 41.0 Å². The van der Waals surface area contributed by atoms with Crippen LogP contribution in [-0.2, 0) is 14.3 Å². The van der Waals surface area contributed by atoms with E-state index in [0.717, 1.165) is 0 Å². The van der Waals surface area contributed by atoms with Gasteiger partial charge in [-0.1, -0.05) is 0 Å². The van der Waals surface area contributed by atoms with Crippen molar-refractivity contribution in [2.45, 2.75) is 56.5 Å². The molecule has 4 aliphatic rings. The fourth-order valence-electron chi connectivity index (χ4n) is 4.15. The van der Waals surface area contributed by atoms with Crippen LogP contribution in [0.5, 0.6) is 0 Å². The van der Waals surface area contributed by atoms with E-state index in [0.29, 0.717) is 25.7 Å². The Bertz CT molecular complexity index is 597. The molecule has 0 heterocycles. The van der Waals surface area contributed by atoms with Gasteiger partial charge < -0.3 is 10.4 Å². The summed E-state index contributed by atoms with van der Waals surface area (Å²) in [7, 11) is 0. The quantitative estimate of drug-likeness (QED) is 0.555. The lowest BCUT2D eigenvalue weighted by Gasteiger charge is -2.45. The number of hydrogen-bond acceptors (Lipinski definition) is 4. The summed E-state index contributed by atoms with van der Waals surface area (Å²) in [6, 6.07) is 0. The monoisotopic (exact) mass is 365 g/mol. The zero-order valence-electron chi connectivity index (χ0n) is 13.1. The minimum atomic E-state index is -4.72. The summed E-state index contributed by atoms with van der Waals surface area (Å²) in [5.41, 5.74) is 3.28. The Labute approximate surface area is 140 Å². The molecule has 0 aliphatic heterocycles. The number of carbonyl (C=O) groups excluding carboxylic acids is 2. The van der Waals surface area contributed by atoms with E-state index in [-0.39, 0.29) is 12.8 Å². The minimum absolute atomic E-state index is 0.0575. The van der Waals surface area contributed by atoms with Gasteiger partial charge in [-0.3, -0.25) is 25.2 Å². The molecule has 0 unspecified atom stereocenters. The molecule has 0 spiro atoms. The van der Waals surface area contributed by atoms with Gasteiger partial charge in [0, 0.05) is 11.5 Å². The van der Waals surface area contributed by atoms with Crippen LogP contribution in [0, 0.1) is 11.3 Å². The third-order valence-corrected chi connectivity index (χ3v) is 5.35. The molecule has 8 nitrogen and oxygen atoms in total.